The molecule has 0 atom stereocenters. The van der Waals surface area contributed by atoms with Gasteiger partial charge in [0.15, 0.2) is 0 Å². The molecule has 3 rings (SSSR count). The van der Waals surface area contributed by atoms with Crippen LogP contribution in [0.5, 0.6) is 0 Å². The average molecular weight is 598 g/mol. The van der Waals surface area contributed by atoms with Crippen LogP contribution in [0.25, 0.3) is 0 Å². The number of carbonyl (C=O) groups excluding carboxylic acids is 2. The van der Waals surface area contributed by atoms with E-state index in [1.54, 1.807) is 72.9 Å². The standard InChI is InChI=1S/C30H39N5O6S/c1-29(2,3)40-27(36)21-35(28(37)41-30(4,5)6)26-12-8-10-24(33-26)20-34(19-22-13-15-23(31-7)16-14-22)42(38,39)25-11-9-17-32-18-25/h8-18,31H,19-21H2,1-7H3. The van der Waals surface area contributed by atoms with Crippen LogP contribution < -0.4 is 10.2 Å². The number of sulfonamides is 1. The molecule has 12 heteroatoms. The maximum Gasteiger partial charge on any atom is 0.416 e. The number of nitrogens with one attached hydrogen (secondary N) is 1. The molecular weight excluding hydrogens is 558 g/mol. The number of aromatic nitrogens is 2. The van der Waals surface area contributed by atoms with Crippen LogP contribution in [0.3, 0.4) is 0 Å². The molecule has 0 bridgehead atoms. The van der Waals surface area contributed by atoms with Gasteiger partial charge in [0.05, 0.1) is 12.2 Å². The first-order valence-electron chi connectivity index (χ1n) is 13.4. The molecule has 0 aliphatic heterocycles. The Morgan fingerprint density at radius 3 is 2.12 bits per heavy atom. The molecule has 0 saturated heterocycles. The zero-order valence-electron chi connectivity index (χ0n) is 25.1. The first kappa shape index (κ1) is 32.5. The number of nitrogens with zero attached hydrogens (tertiary/aromatic N) is 4. The van der Waals surface area contributed by atoms with Gasteiger partial charge in [-0.25, -0.2) is 18.2 Å². The number of anilines is 2. The van der Waals surface area contributed by atoms with E-state index in [4.69, 9.17) is 9.47 Å². The van der Waals surface area contributed by atoms with Crippen LogP contribution in [0.1, 0.15) is 52.8 Å². The molecule has 3 aromatic rings. The summed E-state index contributed by atoms with van der Waals surface area (Å²) in [5.41, 5.74) is 0.404. The number of hydrogen-bond donors (Lipinski definition) is 1. The number of benzene rings is 1. The van der Waals surface area contributed by atoms with Crippen LogP contribution in [0.2, 0.25) is 0 Å². The van der Waals surface area contributed by atoms with Crippen molar-refractivity contribution in [3.05, 3.63) is 78.2 Å². The van der Waals surface area contributed by atoms with E-state index in [1.807, 2.05) is 24.3 Å². The lowest BCUT2D eigenvalue weighted by atomic mass is 10.2. The highest BCUT2D eigenvalue weighted by Crippen LogP contribution is 2.23. The molecule has 42 heavy (non-hydrogen) atoms. The molecule has 11 nitrogen and oxygen atoms in total. The largest absolute Gasteiger partial charge is 0.459 e. The van der Waals surface area contributed by atoms with Gasteiger partial charge in [0, 0.05) is 31.7 Å². The number of hydrogen-bond acceptors (Lipinski definition) is 9. The van der Waals surface area contributed by atoms with E-state index in [9.17, 15) is 18.0 Å². The summed E-state index contributed by atoms with van der Waals surface area (Å²) in [6.07, 6.45) is 2.00. The zero-order valence-corrected chi connectivity index (χ0v) is 25.9. The van der Waals surface area contributed by atoms with E-state index in [0.717, 1.165) is 16.2 Å². The van der Waals surface area contributed by atoms with Gasteiger partial charge in [-0.2, -0.15) is 4.31 Å². The van der Waals surface area contributed by atoms with Crippen molar-refractivity contribution in [3.8, 4) is 0 Å². The molecule has 0 spiro atoms. The summed E-state index contributed by atoms with van der Waals surface area (Å²) >= 11 is 0. The quantitative estimate of drug-likeness (QED) is 0.321. The molecular formula is C30H39N5O6S. The van der Waals surface area contributed by atoms with Gasteiger partial charge in [-0.1, -0.05) is 18.2 Å². The van der Waals surface area contributed by atoms with Crippen molar-refractivity contribution >= 4 is 33.6 Å². The molecule has 0 fully saturated rings. The van der Waals surface area contributed by atoms with Crippen LogP contribution in [0.15, 0.2) is 71.9 Å². The van der Waals surface area contributed by atoms with Crippen molar-refractivity contribution in [1.82, 2.24) is 14.3 Å². The summed E-state index contributed by atoms with van der Waals surface area (Å²) in [7, 11) is -2.19. The lowest BCUT2D eigenvalue weighted by Crippen LogP contribution is -2.42. The van der Waals surface area contributed by atoms with Gasteiger partial charge in [0.1, 0.15) is 28.5 Å². The fraction of sp³-hybridized carbons (Fsp3) is 0.400. The summed E-state index contributed by atoms with van der Waals surface area (Å²) in [5, 5.41) is 3.04. The summed E-state index contributed by atoms with van der Waals surface area (Å²) in [6, 6.07) is 15.3. The third kappa shape index (κ3) is 9.52. The molecule has 2 aromatic heterocycles. The Balaban J connectivity index is 1.98. The van der Waals surface area contributed by atoms with Gasteiger partial charge in [0.25, 0.3) is 0 Å². The third-order valence-electron chi connectivity index (χ3n) is 5.60. The Hall–Kier alpha value is -4.03. The highest BCUT2D eigenvalue weighted by Gasteiger charge is 2.30. The van der Waals surface area contributed by atoms with Crippen LogP contribution in [-0.4, -0.2) is 59.5 Å². The fourth-order valence-electron chi connectivity index (χ4n) is 3.80. The molecule has 0 aliphatic rings. The van der Waals surface area contributed by atoms with Crippen molar-refractivity contribution in [2.24, 2.45) is 0 Å². The lowest BCUT2D eigenvalue weighted by Gasteiger charge is -2.28. The van der Waals surface area contributed by atoms with Crippen molar-refractivity contribution in [1.29, 1.82) is 0 Å². The maximum absolute atomic E-state index is 13.7. The van der Waals surface area contributed by atoms with Crippen molar-refractivity contribution in [2.75, 3.05) is 23.8 Å². The first-order valence-corrected chi connectivity index (χ1v) is 14.9. The summed E-state index contributed by atoms with van der Waals surface area (Å²) in [4.78, 5) is 35.6. The number of esters is 1. The molecule has 1 amide bonds. The van der Waals surface area contributed by atoms with Crippen LogP contribution in [0.4, 0.5) is 16.3 Å². The van der Waals surface area contributed by atoms with Gasteiger partial charge in [-0.15, -0.1) is 0 Å². The van der Waals surface area contributed by atoms with Crippen molar-refractivity contribution in [3.63, 3.8) is 0 Å². The van der Waals surface area contributed by atoms with Crippen LogP contribution >= 0.6 is 0 Å². The number of pyridine rings is 2. The maximum atomic E-state index is 13.7. The topological polar surface area (TPSA) is 131 Å². The average Bonchev–Trinajstić information content (AvgIpc) is 2.90. The summed E-state index contributed by atoms with van der Waals surface area (Å²) in [6.45, 7) is 9.81. The Bertz CT molecular complexity index is 1470. The van der Waals surface area contributed by atoms with Gasteiger partial charge >= 0.3 is 12.1 Å². The second kappa shape index (κ2) is 13.3. The van der Waals surface area contributed by atoms with Gasteiger partial charge in [0.2, 0.25) is 10.0 Å². The highest BCUT2D eigenvalue weighted by molar-refractivity contribution is 7.89. The van der Waals surface area contributed by atoms with E-state index < -0.39 is 39.8 Å². The number of amides is 1. The third-order valence-corrected chi connectivity index (χ3v) is 7.38. The first-order chi connectivity index (χ1) is 19.6. The minimum absolute atomic E-state index is 0.0355. The Morgan fingerprint density at radius 2 is 1.55 bits per heavy atom. The Labute approximate surface area is 247 Å². The van der Waals surface area contributed by atoms with Gasteiger partial charge in [-0.3, -0.25) is 14.7 Å². The molecule has 2 heterocycles. The van der Waals surface area contributed by atoms with E-state index in [1.165, 1.54) is 22.8 Å². The van der Waals surface area contributed by atoms with Gasteiger partial charge in [-0.05, 0) is 83.5 Å². The molecule has 0 aliphatic carbocycles. The number of carbonyl (C=O) groups is 2. The second-order valence-electron chi connectivity index (χ2n) is 11.5. The van der Waals surface area contributed by atoms with E-state index in [-0.39, 0.29) is 23.8 Å². The second-order valence-corrected chi connectivity index (χ2v) is 13.5. The molecule has 1 aromatic carbocycles. The number of ether oxygens (including phenoxy) is 2. The summed E-state index contributed by atoms with van der Waals surface area (Å²) < 4.78 is 39.7. The Morgan fingerprint density at radius 1 is 0.881 bits per heavy atom. The Kier molecular flexibility index (Phi) is 10.3. The SMILES string of the molecule is CNc1ccc(CN(Cc2cccc(N(CC(=O)OC(C)(C)C)C(=O)OC(C)(C)C)n2)S(=O)(=O)c2cccnc2)cc1. The molecule has 0 unspecified atom stereocenters. The van der Waals surface area contributed by atoms with Gasteiger partial charge < -0.3 is 14.8 Å². The smallest absolute Gasteiger partial charge is 0.416 e. The minimum atomic E-state index is -3.99. The minimum Gasteiger partial charge on any atom is -0.459 e. The fourth-order valence-corrected chi connectivity index (χ4v) is 5.16. The lowest BCUT2D eigenvalue weighted by molar-refractivity contribution is -0.153. The monoisotopic (exact) mass is 597 g/mol. The van der Waals surface area contributed by atoms with Crippen LogP contribution in [0, 0.1) is 0 Å². The molecule has 0 saturated carbocycles. The molecule has 1 N–H and O–H groups in total. The van der Waals surface area contributed by atoms with E-state index in [0.29, 0.717) is 5.69 Å². The predicted molar refractivity (Wildman–Crippen MR) is 160 cm³/mol. The molecule has 226 valence electrons. The highest BCUT2D eigenvalue weighted by atomic mass is 32.2. The van der Waals surface area contributed by atoms with Crippen molar-refractivity contribution < 1.29 is 27.5 Å². The van der Waals surface area contributed by atoms with Crippen LogP contribution in [-0.2, 0) is 37.4 Å². The molecule has 0 radical (unpaired) electrons. The summed E-state index contributed by atoms with van der Waals surface area (Å²) in [5.74, 6) is -0.531. The normalized spacial score (nSPS) is 12.1. The zero-order chi connectivity index (χ0) is 31.1. The number of rotatable bonds is 10. The van der Waals surface area contributed by atoms with E-state index in [2.05, 4.69) is 15.3 Å². The van der Waals surface area contributed by atoms with E-state index >= 15 is 0 Å². The predicted octanol–water partition coefficient (Wildman–Crippen LogP) is 4.99. The van der Waals surface area contributed by atoms with Crippen molar-refractivity contribution in [2.45, 2.75) is 70.7 Å².